The summed E-state index contributed by atoms with van der Waals surface area (Å²) in [6.07, 6.45) is 6.97. The largest absolute Gasteiger partial charge is 0.349 e. The molecule has 0 aliphatic heterocycles. The highest BCUT2D eigenvalue weighted by molar-refractivity contribution is 5.92. The van der Waals surface area contributed by atoms with Crippen LogP contribution in [0.25, 0.3) is 11.4 Å². The van der Waals surface area contributed by atoms with Gasteiger partial charge in [0.25, 0.3) is 5.91 Å². The fraction of sp³-hybridized carbons (Fsp3) is 0.294. The van der Waals surface area contributed by atoms with Crippen molar-refractivity contribution in [2.24, 2.45) is 0 Å². The SMILES string of the molecule is CCn1nccc1C(=O)NCCn1c(C)cnc1-c1ccncc1. The molecule has 0 atom stereocenters. The van der Waals surface area contributed by atoms with Gasteiger partial charge in [0, 0.05) is 55.7 Å². The minimum atomic E-state index is -0.113. The highest BCUT2D eigenvalue weighted by Crippen LogP contribution is 2.18. The van der Waals surface area contributed by atoms with Crippen LogP contribution in [0.15, 0.2) is 43.0 Å². The average molecular weight is 324 g/mol. The predicted octanol–water partition coefficient (Wildman–Crippen LogP) is 1.90. The Bertz CT molecular complexity index is 821. The zero-order valence-corrected chi connectivity index (χ0v) is 13.8. The Morgan fingerprint density at radius 2 is 2.00 bits per heavy atom. The van der Waals surface area contributed by atoms with E-state index in [0.717, 1.165) is 17.1 Å². The first kappa shape index (κ1) is 15.9. The van der Waals surface area contributed by atoms with Gasteiger partial charge in [-0.15, -0.1) is 0 Å². The maximum Gasteiger partial charge on any atom is 0.269 e. The van der Waals surface area contributed by atoms with Crippen LogP contribution in [0.3, 0.4) is 0 Å². The van der Waals surface area contributed by atoms with Crippen molar-refractivity contribution in [1.29, 1.82) is 0 Å². The van der Waals surface area contributed by atoms with E-state index in [4.69, 9.17) is 0 Å². The van der Waals surface area contributed by atoms with Crippen molar-refractivity contribution in [3.8, 4) is 11.4 Å². The van der Waals surface area contributed by atoms with Gasteiger partial charge in [0.2, 0.25) is 0 Å². The summed E-state index contributed by atoms with van der Waals surface area (Å²) in [5.74, 6) is 0.764. The number of carbonyl (C=O) groups is 1. The minimum absolute atomic E-state index is 0.113. The van der Waals surface area contributed by atoms with Gasteiger partial charge < -0.3 is 9.88 Å². The molecule has 0 aromatic carbocycles. The molecule has 0 radical (unpaired) electrons. The Kier molecular flexibility index (Phi) is 4.69. The van der Waals surface area contributed by atoms with Gasteiger partial charge in [-0.3, -0.25) is 14.5 Å². The average Bonchev–Trinajstić information content (AvgIpc) is 3.22. The summed E-state index contributed by atoms with van der Waals surface area (Å²) in [6.45, 7) is 5.80. The summed E-state index contributed by atoms with van der Waals surface area (Å²) in [5, 5.41) is 7.06. The van der Waals surface area contributed by atoms with Crippen molar-refractivity contribution < 1.29 is 4.79 Å². The first-order valence-electron chi connectivity index (χ1n) is 7.93. The molecule has 3 rings (SSSR count). The molecule has 0 unspecified atom stereocenters. The number of imidazole rings is 1. The van der Waals surface area contributed by atoms with Gasteiger partial charge in [-0.05, 0) is 32.0 Å². The van der Waals surface area contributed by atoms with Gasteiger partial charge in [0.05, 0.1) is 0 Å². The van der Waals surface area contributed by atoms with Crippen LogP contribution in [0.2, 0.25) is 0 Å². The molecule has 7 nitrogen and oxygen atoms in total. The molecule has 3 aromatic rings. The number of rotatable bonds is 6. The van der Waals surface area contributed by atoms with Crippen LogP contribution >= 0.6 is 0 Å². The number of hydrogen-bond donors (Lipinski definition) is 1. The van der Waals surface area contributed by atoms with Crippen molar-refractivity contribution in [2.75, 3.05) is 6.54 Å². The lowest BCUT2D eigenvalue weighted by molar-refractivity contribution is 0.0941. The van der Waals surface area contributed by atoms with Crippen LogP contribution in [0, 0.1) is 6.92 Å². The molecule has 0 saturated heterocycles. The highest BCUT2D eigenvalue weighted by atomic mass is 16.2. The second kappa shape index (κ2) is 7.08. The second-order valence-electron chi connectivity index (χ2n) is 5.40. The molecular weight excluding hydrogens is 304 g/mol. The van der Waals surface area contributed by atoms with Crippen LogP contribution in [-0.2, 0) is 13.1 Å². The number of nitrogens with one attached hydrogen (secondary N) is 1. The maximum atomic E-state index is 12.2. The Hall–Kier alpha value is -2.96. The normalized spacial score (nSPS) is 10.8. The zero-order chi connectivity index (χ0) is 16.9. The lowest BCUT2D eigenvalue weighted by atomic mass is 10.2. The van der Waals surface area contributed by atoms with Gasteiger partial charge in [0.15, 0.2) is 0 Å². The highest BCUT2D eigenvalue weighted by Gasteiger charge is 2.12. The van der Waals surface area contributed by atoms with Crippen molar-refractivity contribution in [3.05, 3.63) is 54.4 Å². The molecule has 124 valence electrons. The Morgan fingerprint density at radius 3 is 2.75 bits per heavy atom. The molecule has 1 N–H and O–H groups in total. The first-order valence-corrected chi connectivity index (χ1v) is 7.93. The summed E-state index contributed by atoms with van der Waals surface area (Å²) < 4.78 is 3.77. The summed E-state index contributed by atoms with van der Waals surface area (Å²) in [7, 11) is 0. The third-order valence-electron chi connectivity index (χ3n) is 3.86. The molecule has 7 heteroatoms. The van der Waals surface area contributed by atoms with E-state index in [9.17, 15) is 4.79 Å². The smallest absolute Gasteiger partial charge is 0.269 e. The number of amides is 1. The molecule has 0 bridgehead atoms. The summed E-state index contributed by atoms with van der Waals surface area (Å²) >= 11 is 0. The molecule has 0 aliphatic carbocycles. The van der Waals surface area contributed by atoms with E-state index in [2.05, 4.69) is 25.0 Å². The van der Waals surface area contributed by atoms with Crippen LogP contribution < -0.4 is 5.32 Å². The van der Waals surface area contributed by atoms with E-state index in [1.807, 2.05) is 32.2 Å². The van der Waals surface area contributed by atoms with Crippen LogP contribution in [0.5, 0.6) is 0 Å². The third-order valence-corrected chi connectivity index (χ3v) is 3.86. The Morgan fingerprint density at radius 1 is 1.21 bits per heavy atom. The lowest BCUT2D eigenvalue weighted by Crippen LogP contribution is -2.29. The number of nitrogens with zero attached hydrogens (tertiary/aromatic N) is 5. The van der Waals surface area contributed by atoms with E-state index in [-0.39, 0.29) is 5.91 Å². The van der Waals surface area contributed by atoms with E-state index >= 15 is 0 Å². The number of carbonyl (C=O) groups excluding carboxylic acids is 1. The molecule has 24 heavy (non-hydrogen) atoms. The molecule has 1 amide bonds. The van der Waals surface area contributed by atoms with Crippen molar-refractivity contribution in [3.63, 3.8) is 0 Å². The third kappa shape index (κ3) is 3.19. The first-order chi connectivity index (χ1) is 11.7. The summed E-state index contributed by atoms with van der Waals surface area (Å²) in [4.78, 5) is 20.8. The van der Waals surface area contributed by atoms with E-state index in [1.54, 1.807) is 29.3 Å². The van der Waals surface area contributed by atoms with E-state index < -0.39 is 0 Å². The molecule has 0 fully saturated rings. The fourth-order valence-corrected chi connectivity index (χ4v) is 2.62. The van der Waals surface area contributed by atoms with Crippen LogP contribution in [0.4, 0.5) is 0 Å². The van der Waals surface area contributed by atoms with E-state index in [1.165, 1.54) is 0 Å². The number of pyridine rings is 1. The number of hydrogen-bond acceptors (Lipinski definition) is 4. The van der Waals surface area contributed by atoms with Gasteiger partial charge in [-0.25, -0.2) is 4.98 Å². The zero-order valence-electron chi connectivity index (χ0n) is 13.8. The molecule has 0 aliphatic rings. The summed E-state index contributed by atoms with van der Waals surface area (Å²) in [6, 6.07) is 5.58. The van der Waals surface area contributed by atoms with Crippen molar-refractivity contribution in [2.45, 2.75) is 26.9 Å². The summed E-state index contributed by atoms with van der Waals surface area (Å²) in [5.41, 5.74) is 2.64. The van der Waals surface area contributed by atoms with Gasteiger partial charge in [-0.2, -0.15) is 5.10 Å². The minimum Gasteiger partial charge on any atom is -0.349 e. The van der Waals surface area contributed by atoms with Gasteiger partial charge >= 0.3 is 0 Å². The molecule has 0 saturated carbocycles. The topological polar surface area (TPSA) is 77.6 Å². The van der Waals surface area contributed by atoms with Crippen molar-refractivity contribution in [1.82, 2.24) is 29.6 Å². The standard InChI is InChI=1S/C17H20N6O/c1-3-23-15(6-9-21-23)17(24)19-10-11-22-13(2)12-20-16(22)14-4-7-18-8-5-14/h4-9,12H,3,10-11H2,1-2H3,(H,19,24). The predicted molar refractivity (Wildman–Crippen MR) is 90.4 cm³/mol. The molecule has 3 aromatic heterocycles. The molecule has 0 spiro atoms. The van der Waals surface area contributed by atoms with Crippen LogP contribution in [-0.4, -0.2) is 36.8 Å². The quantitative estimate of drug-likeness (QED) is 0.751. The van der Waals surface area contributed by atoms with Crippen molar-refractivity contribution >= 4 is 5.91 Å². The Balaban J connectivity index is 1.68. The molecule has 3 heterocycles. The Labute approximate surface area is 140 Å². The van der Waals surface area contributed by atoms with Gasteiger partial charge in [0.1, 0.15) is 11.5 Å². The maximum absolute atomic E-state index is 12.2. The monoisotopic (exact) mass is 324 g/mol. The van der Waals surface area contributed by atoms with Crippen LogP contribution in [0.1, 0.15) is 23.1 Å². The lowest BCUT2D eigenvalue weighted by Gasteiger charge is -2.11. The second-order valence-corrected chi connectivity index (χ2v) is 5.40. The fourth-order valence-electron chi connectivity index (χ4n) is 2.62. The number of aryl methyl sites for hydroxylation is 2. The number of aromatic nitrogens is 5. The van der Waals surface area contributed by atoms with E-state index in [0.29, 0.717) is 25.3 Å². The molecular formula is C17H20N6O. The van der Waals surface area contributed by atoms with Gasteiger partial charge in [-0.1, -0.05) is 0 Å².